The van der Waals surface area contributed by atoms with Crippen LogP contribution in [0, 0.1) is 6.92 Å². The van der Waals surface area contributed by atoms with E-state index in [1.165, 1.54) is 16.3 Å². The van der Waals surface area contributed by atoms with Gasteiger partial charge in [-0.15, -0.1) is 0 Å². The lowest BCUT2D eigenvalue weighted by molar-refractivity contribution is 1.24. The Labute approximate surface area is 152 Å². The van der Waals surface area contributed by atoms with Crippen molar-refractivity contribution in [1.29, 1.82) is 0 Å². The van der Waals surface area contributed by atoms with Gasteiger partial charge in [-0.1, -0.05) is 78.9 Å². The highest BCUT2D eigenvalue weighted by Gasteiger charge is 2.18. The summed E-state index contributed by atoms with van der Waals surface area (Å²) in [5.41, 5.74) is 7.85. The minimum Gasteiger partial charge on any atom is -0.354 e. The van der Waals surface area contributed by atoms with E-state index in [1.807, 2.05) is 6.07 Å². The van der Waals surface area contributed by atoms with Crippen molar-refractivity contribution in [3.05, 3.63) is 90.6 Å². The fourth-order valence-electron chi connectivity index (χ4n) is 3.79. The maximum Gasteiger partial charge on any atom is 0.0804 e. The van der Waals surface area contributed by atoms with Crippen LogP contribution in [0.3, 0.4) is 0 Å². The van der Waals surface area contributed by atoms with Gasteiger partial charge in [0.15, 0.2) is 0 Å². The molecule has 0 aliphatic carbocycles. The van der Waals surface area contributed by atoms with Crippen LogP contribution in [0.4, 0.5) is 0 Å². The van der Waals surface area contributed by atoms with Crippen LogP contribution in [0.1, 0.15) is 5.69 Å². The summed E-state index contributed by atoms with van der Waals surface area (Å²) in [4.78, 5) is 8.71. The Balaban J connectivity index is 1.98. The van der Waals surface area contributed by atoms with E-state index in [1.54, 1.807) is 0 Å². The third-order valence-electron chi connectivity index (χ3n) is 4.94. The van der Waals surface area contributed by atoms with E-state index in [0.29, 0.717) is 0 Å². The summed E-state index contributed by atoms with van der Waals surface area (Å²) in [6.07, 6.45) is 0. The van der Waals surface area contributed by atoms with Crippen LogP contribution in [0.15, 0.2) is 84.9 Å². The summed E-state index contributed by atoms with van der Waals surface area (Å²) < 4.78 is 0. The second-order valence-electron chi connectivity index (χ2n) is 6.57. The van der Waals surface area contributed by atoms with Gasteiger partial charge in [-0.2, -0.15) is 0 Å². The van der Waals surface area contributed by atoms with E-state index in [0.717, 1.165) is 33.5 Å². The van der Waals surface area contributed by atoms with Crippen molar-refractivity contribution in [1.82, 2.24) is 9.97 Å². The molecule has 0 aliphatic heterocycles. The standard InChI is InChI=1S/C24H18N2/c1-16-21-19-14-8-9-15-20(19)26-24(21)22(17-10-4-2-5-11-17)23(25-16)18-12-6-3-7-13-18/h2-15,26H,1H3. The molecule has 0 aliphatic rings. The Morgan fingerprint density at radius 1 is 0.692 bits per heavy atom. The lowest BCUT2D eigenvalue weighted by Gasteiger charge is -2.13. The van der Waals surface area contributed by atoms with Gasteiger partial charge in [0.05, 0.1) is 11.2 Å². The number of aryl methyl sites for hydroxylation is 1. The lowest BCUT2D eigenvalue weighted by Crippen LogP contribution is -1.94. The van der Waals surface area contributed by atoms with Crippen molar-refractivity contribution in [3.8, 4) is 22.4 Å². The molecule has 0 amide bonds. The molecule has 0 radical (unpaired) electrons. The molecule has 0 unspecified atom stereocenters. The SMILES string of the molecule is Cc1nc(-c2ccccc2)c(-c2ccccc2)c2[nH]c3ccccc3c12. The highest BCUT2D eigenvalue weighted by Crippen LogP contribution is 2.40. The zero-order valence-electron chi connectivity index (χ0n) is 14.5. The molecular weight excluding hydrogens is 316 g/mol. The van der Waals surface area contributed by atoms with Crippen molar-refractivity contribution >= 4 is 21.8 Å². The average Bonchev–Trinajstić information content (AvgIpc) is 3.09. The molecule has 2 aromatic heterocycles. The number of hydrogen-bond acceptors (Lipinski definition) is 1. The first-order valence-electron chi connectivity index (χ1n) is 8.85. The Morgan fingerprint density at radius 3 is 2.04 bits per heavy atom. The molecule has 0 atom stereocenters. The third-order valence-corrected chi connectivity index (χ3v) is 4.94. The smallest absolute Gasteiger partial charge is 0.0804 e. The van der Waals surface area contributed by atoms with Gasteiger partial charge in [-0.25, -0.2) is 0 Å². The number of para-hydroxylation sites is 1. The molecule has 2 heterocycles. The third kappa shape index (κ3) is 2.23. The predicted molar refractivity (Wildman–Crippen MR) is 109 cm³/mol. The van der Waals surface area contributed by atoms with E-state index in [9.17, 15) is 0 Å². The van der Waals surface area contributed by atoms with Crippen molar-refractivity contribution in [2.24, 2.45) is 0 Å². The Bertz CT molecular complexity index is 1220. The van der Waals surface area contributed by atoms with Crippen LogP contribution in [-0.4, -0.2) is 9.97 Å². The number of rotatable bonds is 2. The van der Waals surface area contributed by atoms with Gasteiger partial charge in [-0.3, -0.25) is 4.98 Å². The maximum absolute atomic E-state index is 5.05. The summed E-state index contributed by atoms with van der Waals surface area (Å²) in [5, 5.41) is 2.43. The molecule has 5 rings (SSSR count). The minimum absolute atomic E-state index is 1.02. The van der Waals surface area contributed by atoms with Crippen LogP contribution in [0.5, 0.6) is 0 Å². The summed E-state index contributed by atoms with van der Waals surface area (Å²) in [6.45, 7) is 2.10. The maximum atomic E-state index is 5.05. The van der Waals surface area contributed by atoms with Crippen molar-refractivity contribution in [3.63, 3.8) is 0 Å². The van der Waals surface area contributed by atoms with E-state index in [2.05, 4.69) is 90.8 Å². The lowest BCUT2D eigenvalue weighted by atomic mass is 9.96. The first-order chi connectivity index (χ1) is 12.8. The zero-order valence-corrected chi connectivity index (χ0v) is 14.5. The monoisotopic (exact) mass is 334 g/mol. The van der Waals surface area contributed by atoms with Gasteiger partial charge < -0.3 is 4.98 Å². The first kappa shape index (κ1) is 14.9. The quantitative estimate of drug-likeness (QED) is 0.400. The topological polar surface area (TPSA) is 28.7 Å². The average molecular weight is 334 g/mol. The minimum atomic E-state index is 1.02. The van der Waals surface area contributed by atoms with Gasteiger partial charge in [0.1, 0.15) is 0 Å². The molecular formula is C24H18N2. The molecule has 5 aromatic rings. The van der Waals surface area contributed by atoms with Crippen LogP contribution in [-0.2, 0) is 0 Å². The molecule has 26 heavy (non-hydrogen) atoms. The Morgan fingerprint density at radius 2 is 1.31 bits per heavy atom. The van der Waals surface area contributed by atoms with Crippen LogP contribution in [0.25, 0.3) is 44.2 Å². The number of aromatic nitrogens is 2. The van der Waals surface area contributed by atoms with E-state index in [-0.39, 0.29) is 0 Å². The molecule has 124 valence electrons. The Kier molecular flexibility index (Phi) is 3.36. The number of benzene rings is 3. The number of fused-ring (bicyclic) bond motifs is 3. The number of aromatic amines is 1. The van der Waals surface area contributed by atoms with Gasteiger partial charge in [-0.05, 0) is 18.6 Å². The second-order valence-corrected chi connectivity index (χ2v) is 6.57. The van der Waals surface area contributed by atoms with E-state index < -0.39 is 0 Å². The number of nitrogens with one attached hydrogen (secondary N) is 1. The number of nitrogens with zero attached hydrogens (tertiary/aromatic N) is 1. The second kappa shape index (κ2) is 5.85. The molecule has 0 saturated carbocycles. The molecule has 0 bridgehead atoms. The molecule has 2 heteroatoms. The first-order valence-corrected chi connectivity index (χ1v) is 8.85. The molecule has 0 saturated heterocycles. The molecule has 3 aromatic carbocycles. The molecule has 2 nitrogen and oxygen atoms in total. The highest BCUT2D eigenvalue weighted by atomic mass is 14.8. The van der Waals surface area contributed by atoms with Gasteiger partial charge in [0.25, 0.3) is 0 Å². The van der Waals surface area contributed by atoms with Crippen LogP contribution < -0.4 is 0 Å². The summed E-state index contributed by atoms with van der Waals surface area (Å²) in [5.74, 6) is 0. The van der Waals surface area contributed by atoms with E-state index >= 15 is 0 Å². The molecule has 0 fully saturated rings. The van der Waals surface area contributed by atoms with Crippen molar-refractivity contribution in [2.45, 2.75) is 6.92 Å². The molecule has 0 spiro atoms. The van der Waals surface area contributed by atoms with Crippen molar-refractivity contribution < 1.29 is 0 Å². The summed E-state index contributed by atoms with van der Waals surface area (Å²) in [7, 11) is 0. The van der Waals surface area contributed by atoms with Gasteiger partial charge >= 0.3 is 0 Å². The number of hydrogen-bond donors (Lipinski definition) is 1. The summed E-state index contributed by atoms with van der Waals surface area (Å²) >= 11 is 0. The van der Waals surface area contributed by atoms with Crippen LogP contribution >= 0.6 is 0 Å². The fraction of sp³-hybridized carbons (Fsp3) is 0.0417. The predicted octanol–water partition coefficient (Wildman–Crippen LogP) is 6.36. The number of pyridine rings is 1. The molecule has 1 N–H and O–H groups in total. The Hall–Kier alpha value is -3.39. The largest absolute Gasteiger partial charge is 0.354 e. The zero-order chi connectivity index (χ0) is 17.5. The summed E-state index contributed by atoms with van der Waals surface area (Å²) in [6, 6.07) is 29.4. The fourth-order valence-corrected chi connectivity index (χ4v) is 3.79. The highest BCUT2D eigenvalue weighted by molar-refractivity contribution is 6.15. The van der Waals surface area contributed by atoms with Gasteiger partial charge in [0, 0.05) is 33.1 Å². The normalized spacial score (nSPS) is 11.3. The van der Waals surface area contributed by atoms with Gasteiger partial charge in [0.2, 0.25) is 0 Å². The van der Waals surface area contributed by atoms with Crippen molar-refractivity contribution in [2.75, 3.05) is 0 Å². The van der Waals surface area contributed by atoms with E-state index in [4.69, 9.17) is 4.98 Å². The number of H-pyrrole nitrogens is 1. The van der Waals surface area contributed by atoms with Crippen LogP contribution in [0.2, 0.25) is 0 Å².